The smallest absolute Gasteiger partial charge is 0.247 e. The Balaban J connectivity index is 2.02. The molecule has 0 aromatic heterocycles. The molecule has 0 spiro atoms. The number of allylic oxidation sites excluding steroid dienone is 2. The van der Waals surface area contributed by atoms with Gasteiger partial charge in [0.15, 0.2) is 0 Å². The number of hydrogen-bond donors (Lipinski definition) is 1. The van der Waals surface area contributed by atoms with Gasteiger partial charge in [0.05, 0.1) is 19.7 Å². The Bertz CT molecular complexity index is 992. The number of ether oxygens (including phenoxy) is 1. The average Bonchev–Trinajstić information content (AvgIpc) is 3.29. The Morgan fingerprint density at radius 1 is 1.30 bits per heavy atom. The molecule has 1 N–H and O–H groups in total. The Kier molecular flexibility index (Phi) is 8.21. The molecule has 0 unspecified atom stereocenters. The van der Waals surface area contributed by atoms with Gasteiger partial charge in [0.1, 0.15) is 16.7 Å². The van der Waals surface area contributed by atoms with Crippen LogP contribution in [0.3, 0.4) is 0 Å². The molecular formula is C24H37N3O5S. The number of fused-ring (bicyclic) bond motifs is 1. The molecule has 184 valence electrons. The lowest BCUT2D eigenvalue weighted by Gasteiger charge is -2.37. The van der Waals surface area contributed by atoms with Crippen LogP contribution < -0.4 is 4.74 Å². The molecule has 0 radical (unpaired) electrons. The van der Waals surface area contributed by atoms with E-state index >= 15 is 0 Å². The van der Waals surface area contributed by atoms with E-state index in [0.717, 1.165) is 24.8 Å². The fraction of sp³-hybridized carbons (Fsp3) is 0.625. The Labute approximate surface area is 197 Å². The number of hydrogen-bond acceptors (Lipinski definition) is 6. The van der Waals surface area contributed by atoms with Crippen LogP contribution in [0.4, 0.5) is 0 Å². The molecule has 33 heavy (non-hydrogen) atoms. The molecule has 3 rings (SSSR count). The van der Waals surface area contributed by atoms with E-state index in [1.165, 1.54) is 9.88 Å². The van der Waals surface area contributed by atoms with Crippen molar-refractivity contribution in [1.82, 2.24) is 14.1 Å². The number of amides is 1. The summed E-state index contributed by atoms with van der Waals surface area (Å²) in [5, 5.41) is 9.77. The second-order valence-corrected chi connectivity index (χ2v) is 11.4. The second-order valence-electron chi connectivity index (χ2n) is 9.54. The summed E-state index contributed by atoms with van der Waals surface area (Å²) in [6.07, 6.45) is 4.85. The van der Waals surface area contributed by atoms with Crippen LogP contribution in [-0.4, -0.2) is 93.1 Å². The van der Waals surface area contributed by atoms with Gasteiger partial charge < -0.3 is 19.6 Å². The van der Waals surface area contributed by atoms with Crippen molar-refractivity contribution in [3.63, 3.8) is 0 Å². The van der Waals surface area contributed by atoms with Gasteiger partial charge in [-0.3, -0.25) is 4.79 Å². The molecule has 0 saturated carbocycles. The maximum absolute atomic E-state index is 13.6. The third-order valence-corrected chi connectivity index (χ3v) is 8.43. The molecule has 0 fully saturated rings. The summed E-state index contributed by atoms with van der Waals surface area (Å²) >= 11 is 0. The highest BCUT2D eigenvalue weighted by molar-refractivity contribution is 7.89. The van der Waals surface area contributed by atoms with Gasteiger partial charge in [-0.25, -0.2) is 8.42 Å². The predicted molar refractivity (Wildman–Crippen MR) is 128 cm³/mol. The minimum Gasteiger partial charge on any atom is -0.487 e. The first-order valence-electron chi connectivity index (χ1n) is 11.6. The van der Waals surface area contributed by atoms with Gasteiger partial charge in [0.25, 0.3) is 0 Å². The normalized spacial score (nSPS) is 23.8. The zero-order chi connectivity index (χ0) is 24.3. The summed E-state index contributed by atoms with van der Waals surface area (Å²) < 4.78 is 34.9. The van der Waals surface area contributed by atoms with E-state index < -0.39 is 22.2 Å². The largest absolute Gasteiger partial charge is 0.487 e. The lowest BCUT2D eigenvalue weighted by Crippen LogP contribution is -2.50. The molecule has 9 heteroatoms. The van der Waals surface area contributed by atoms with Gasteiger partial charge in [-0.2, -0.15) is 4.31 Å². The highest BCUT2D eigenvalue weighted by atomic mass is 32.2. The van der Waals surface area contributed by atoms with E-state index in [1.807, 2.05) is 38.1 Å². The maximum atomic E-state index is 13.6. The van der Waals surface area contributed by atoms with Crippen LogP contribution in [-0.2, 0) is 14.8 Å². The molecule has 1 aliphatic carbocycles. The number of nitrogens with zero attached hydrogens (tertiary/aromatic N) is 3. The molecule has 1 aromatic carbocycles. The topological polar surface area (TPSA) is 90.4 Å². The Hall–Kier alpha value is -1.94. The minimum absolute atomic E-state index is 0.0313. The van der Waals surface area contributed by atoms with Gasteiger partial charge in [0, 0.05) is 25.6 Å². The van der Waals surface area contributed by atoms with Crippen LogP contribution >= 0.6 is 0 Å². The molecule has 3 atom stereocenters. The van der Waals surface area contributed by atoms with E-state index in [2.05, 4.69) is 6.08 Å². The van der Waals surface area contributed by atoms with Crippen LogP contribution in [0.2, 0.25) is 0 Å². The standard InChI is InChI=1S/C24H37N3O5S/c1-17-13-27(18(2)16-28)33(30,31)23-11-10-20(19-8-6-7-9-19)12-21(23)32-22(17)14-26(5)24(29)15-25(3)4/h8,10-12,17-18,22,28H,6-7,9,13-16H2,1-5H3/t17-,18-,22+/m0/s1. The molecule has 8 nitrogen and oxygen atoms in total. The van der Waals surface area contributed by atoms with Crippen LogP contribution in [0.15, 0.2) is 29.2 Å². The highest BCUT2D eigenvalue weighted by Crippen LogP contribution is 2.37. The summed E-state index contributed by atoms with van der Waals surface area (Å²) in [4.78, 5) is 16.1. The summed E-state index contributed by atoms with van der Waals surface area (Å²) in [6, 6.07) is 4.70. The first kappa shape index (κ1) is 25.7. The van der Waals surface area contributed by atoms with Crippen LogP contribution in [0.25, 0.3) is 5.57 Å². The second kappa shape index (κ2) is 10.5. The van der Waals surface area contributed by atoms with E-state index in [4.69, 9.17) is 4.74 Å². The van der Waals surface area contributed by atoms with Crippen molar-refractivity contribution >= 4 is 21.5 Å². The van der Waals surface area contributed by atoms with Crippen LogP contribution in [0.1, 0.15) is 38.7 Å². The number of benzene rings is 1. The van der Waals surface area contributed by atoms with Crippen molar-refractivity contribution in [1.29, 1.82) is 0 Å². The molecule has 0 saturated heterocycles. The summed E-state index contributed by atoms with van der Waals surface area (Å²) in [6.45, 7) is 4.16. The fourth-order valence-electron chi connectivity index (χ4n) is 4.34. The first-order chi connectivity index (χ1) is 15.5. The molecular weight excluding hydrogens is 442 g/mol. The third kappa shape index (κ3) is 5.77. The number of sulfonamides is 1. The zero-order valence-electron chi connectivity index (χ0n) is 20.3. The van der Waals surface area contributed by atoms with E-state index in [-0.39, 0.29) is 36.4 Å². The average molecular weight is 480 g/mol. The maximum Gasteiger partial charge on any atom is 0.247 e. The van der Waals surface area contributed by atoms with Crippen LogP contribution in [0, 0.1) is 5.92 Å². The summed E-state index contributed by atoms with van der Waals surface area (Å²) in [5.74, 6) is 0.0717. The predicted octanol–water partition coefficient (Wildman–Crippen LogP) is 2.04. The zero-order valence-corrected chi connectivity index (χ0v) is 21.1. The molecule has 1 amide bonds. The van der Waals surface area contributed by atoms with Gasteiger partial charge >= 0.3 is 0 Å². The summed E-state index contributed by atoms with van der Waals surface area (Å²) in [5.41, 5.74) is 2.16. The van der Waals surface area contributed by atoms with Gasteiger partial charge in [-0.05, 0) is 63.6 Å². The van der Waals surface area contributed by atoms with Gasteiger partial charge in [-0.15, -0.1) is 0 Å². The van der Waals surface area contributed by atoms with Gasteiger partial charge in [0.2, 0.25) is 15.9 Å². The monoisotopic (exact) mass is 479 g/mol. The summed E-state index contributed by atoms with van der Waals surface area (Å²) in [7, 11) is 1.56. The van der Waals surface area contributed by atoms with Crippen molar-refractivity contribution < 1.29 is 23.1 Å². The number of carbonyl (C=O) groups excluding carboxylic acids is 1. The van der Waals surface area contributed by atoms with Crippen molar-refractivity contribution in [2.45, 2.75) is 50.2 Å². The van der Waals surface area contributed by atoms with Crippen molar-refractivity contribution in [3.8, 4) is 5.75 Å². The number of aliphatic hydroxyl groups excluding tert-OH is 1. The van der Waals surface area contributed by atoms with E-state index in [1.54, 1.807) is 24.9 Å². The Morgan fingerprint density at radius 3 is 2.64 bits per heavy atom. The molecule has 1 heterocycles. The number of rotatable bonds is 7. The quantitative estimate of drug-likeness (QED) is 0.644. The number of aliphatic hydroxyl groups is 1. The number of carbonyl (C=O) groups is 1. The van der Waals surface area contributed by atoms with Gasteiger partial charge in [-0.1, -0.05) is 19.1 Å². The lowest BCUT2D eigenvalue weighted by molar-refractivity contribution is -0.132. The molecule has 2 aliphatic rings. The van der Waals surface area contributed by atoms with E-state index in [0.29, 0.717) is 12.3 Å². The fourth-order valence-corrected chi connectivity index (χ4v) is 6.17. The molecule has 1 aliphatic heterocycles. The Morgan fingerprint density at radius 2 is 2.03 bits per heavy atom. The first-order valence-corrected chi connectivity index (χ1v) is 13.0. The van der Waals surface area contributed by atoms with Crippen molar-refractivity contribution in [2.24, 2.45) is 5.92 Å². The van der Waals surface area contributed by atoms with Crippen LogP contribution in [0.5, 0.6) is 5.75 Å². The van der Waals surface area contributed by atoms with Crippen molar-refractivity contribution in [3.05, 3.63) is 29.8 Å². The van der Waals surface area contributed by atoms with E-state index in [9.17, 15) is 18.3 Å². The highest BCUT2D eigenvalue weighted by Gasteiger charge is 2.38. The lowest BCUT2D eigenvalue weighted by atomic mass is 10.0. The minimum atomic E-state index is -3.87. The molecule has 0 bridgehead atoms. The third-order valence-electron chi connectivity index (χ3n) is 6.41. The number of likely N-dealkylation sites (N-methyl/N-ethyl adjacent to an activating group) is 2. The molecule has 1 aromatic rings. The van der Waals surface area contributed by atoms with Crippen molar-refractivity contribution in [2.75, 3.05) is 47.4 Å². The SMILES string of the molecule is C[C@H]1CN([C@@H](C)CO)S(=O)(=O)c2ccc(C3=CCCC3)cc2O[C@@H]1CN(C)C(=O)CN(C)C.